The van der Waals surface area contributed by atoms with Gasteiger partial charge >= 0.3 is 0 Å². The summed E-state index contributed by atoms with van der Waals surface area (Å²) in [6.45, 7) is 6.01. The number of rotatable bonds is 5. The van der Waals surface area contributed by atoms with Crippen LogP contribution >= 0.6 is 0 Å². The van der Waals surface area contributed by atoms with Crippen LogP contribution < -0.4 is 11.1 Å². The topological polar surface area (TPSA) is 47.3 Å². The normalized spacial score (nSPS) is 41.2. The van der Waals surface area contributed by atoms with E-state index in [4.69, 9.17) is 10.5 Å². The SMILES string of the molecule is CC1(CNCC2(C3CC3)CC2)COCC1N. The van der Waals surface area contributed by atoms with E-state index in [0.29, 0.717) is 5.41 Å². The highest BCUT2D eigenvalue weighted by Gasteiger charge is 2.53. The van der Waals surface area contributed by atoms with E-state index in [0.717, 1.165) is 25.7 Å². The molecule has 3 N–H and O–H groups in total. The van der Waals surface area contributed by atoms with Gasteiger partial charge in [0.1, 0.15) is 0 Å². The number of ether oxygens (including phenoxy) is 1. The average molecular weight is 224 g/mol. The van der Waals surface area contributed by atoms with Gasteiger partial charge in [0.25, 0.3) is 0 Å². The van der Waals surface area contributed by atoms with Crippen LogP contribution in [-0.4, -0.2) is 32.3 Å². The predicted octanol–water partition coefficient (Wildman–Crippen LogP) is 1.13. The Morgan fingerprint density at radius 1 is 1.31 bits per heavy atom. The van der Waals surface area contributed by atoms with E-state index >= 15 is 0 Å². The fraction of sp³-hybridized carbons (Fsp3) is 1.00. The van der Waals surface area contributed by atoms with Crippen molar-refractivity contribution in [1.82, 2.24) is 5.32 Å². The van der Waals surface area contributed by atoms with E-state index < -0.39 is 0 Å². The van der Waals surface area contributed by atoms with E-state index in [1.165, 1.54) is 32.2 Å². The second-order valence-electron chi connectivity index (χ2n) is 6.52. The van der Waals surface area contributed by atoms with Crippen molar-refractivity contribution in [2.24, 2.45) is 22.5 Å². The first-order valence-electron chi connectivity index (χ1n) is 6.69. The highest BCUT2D eigenvalue weighted by molar-refractivity contribution is 5.05. The van der Waals surface area contributed by atoms with Crippen molar-refractivity contribution in [3.05, 3.63) is 0 Å². The van der Waals surface area contributed by atoms with E-state index in [1.807, 2.05) is 0 Å². The van der Waals surface area contributed by atoms with Gasteiger partial charge in [0.2, 0.25) is 0 Å². The van der Waals surface area contributed by atoms with Gasteiger partial charge in [-0.1, -0.05) is 6.92 Å². The minimum Gasteiger partial charge on any atom is -0.379 e. The molecule has 0 aromatic rings. The number of hydrogen-bond acceptors (Lipinski definition) is 3. The highest BCUT2D eigenvalue weighted by atomic mass is 16.5. The first-order chi connectivity index (χ1) is 7.65. The molecule has 0 spiro atoms. The number of nitrogens with two attached hydrogens (primary N) is 1. The van der Waals surface area contributed by atoms with E-state index in [-0.39, 0.29) is 11.5 Å². The van der Waals surface area contributed by atoms with Crippen molar-refractivity contribution < 1.29 is 4.74 Å². The fourth-order valence-electron chi connectivity index (χ4n) is 3.09. The third-order valence-electron chi connectivity index (χ3n) is 4.97. The van der Waals surface area contributed by atoms with Crippen LogP contribution in [0.4, 0.5) is 0 Å². The van der Waals surface area contributed by atoms with Crippen LogP contribution in [0.15, 0.2) is 0 Å². The molecule has 0 radical (unpaired) electrons. The molecule has 92 valence electrons. The van der Waals surface area contributed by atoms with E-state index in [9.17, 15) is 0 Å². The summed E-state index contributed by atoms with van der Waals surface area (Å²) in [7, 11) is 0. The van der Waals surface area contributed by atoms with Gasteiger partial charge in [-0.25, -0.2) is 0 Å². The van der Waals surface area contributed by atoms with Crippen molar-refractivity contribution >= 4 is 0 Å². The van der Waals surface area contributed by atoms with Crippen molar-refractivity contribution in [2.75, 3.05) is 26.3 Å². The van der Waals surface area contributed by atoms with E-state index in [2.05, 4.69) is 12.2 Å². The Labute approximate surface area is 98.1 Å². The van der Waals surface area contributed by atoms with Gasteiger partial charge in [0.05, 0.1) is 13.2 Å². The summed E-state index contributed by atoms with van der Waals surface area (Å²) in [6.07, 6.45) is 5.84. The maximum Gasteiger partial charge on any atom is 0.0624 e. The van der Waals surface area contributed by atoms with Crippen LogP contribution in [0, 0.1) is 16.7 Å². The summed E-state index contributed by atoms with van der Waals surface area (Å²) >= 11 is 0. The van der Waals surface area contributed by atoms with Crippen LogP contribution in [0.2, 0.25) is 0 Å². The van der Waals surface area contributed by atoms with Gasteiger partial charge in [-0.2, -0.15) is 0 Å². The van der Waals surface area contributed by atoms with Crippen molar-refractivity contribution in [3.8, 4) is 0 Å². The fourth-order valence-corrected chi connectivity index (χ4v) is 3.09. The molecule has 3 fully saturated rings. The molecule has 0 aromatic carbocycles. The molecule has 0 bridgehead atoms. The summed E-state index contributed by atoms with van der Waals surface area (Å²) < 4.78 is 5.47. The molecule has 3 rings (SSSR count). The zero-order valence-electron chi connectivity index (χ0n) is 10.3. The summed E-state index contributed by atoms with van der Waals surface area (Å²) in [4.78, 5) is 0. The van der Waals surface area contributed by atoms with Gasteiger partial charge in [0, 0.05) is 24.5 Å². The second kappa shape index (κ2) is 3.69. The Balaban J connectivity index is 1.46. The molecule has 2 atom stereocenters. The van der Waals surface area contributed by atoms with Gasteiger partial charge in [0.15, 0.2) is 0 Å². The molecule has 1 aliphatic heterocycles. The zero-order valence-corrected chi connectivity index (χ0v) is 10.3. The molecular weight excluding hydrogens is 200 g/mol. The Morgan fingerprint density at radius 2 is 2.06 bits per heavy atom. The summed E-state index contributed by atoms with van der Waals surface area (Å²) in [5.74, 6) is 1.04. The average Bonchev–Trinajstić information content (AvgIpc) is 3.12. The Bertz CT molecular complexity index is 273. The second-order valence-corrected chi connectivity index (χ2v) is 6.52. The van der Waals surface area contributed by atoms with Crippen molar-refractivity contribution in [1.29, 1.82) is 0 Å². The molecule has 2 saturated carbocycles. The molecule has 0 amide bonds. The predicted molar refractivity (Wildman–Crippen MR) is 64.2 cm³/mol. The summed E-state index contributed by atoms with van der Waals surface area (Å²) in [5, 5.41) is 3.66. The highest BCUT2D eigenvalue weighted by Crippen LogP contribution is 2.60. The maximum atomic E-state index is 6.09. The first kappa shape index (κ1) is 11.0. The van der Waals surface area contributed by atoms with E-state index in [1.54, 1.807) is 0 Å². The third-order valence-corrected chi connectivity index (χ3v) is 4.97. The lowest BCUT2D eigenvalue weighted by Crippen LogP contribution is -2.46. The maximum absolute atomic E-state index is 6.09. The summed E-state index contributed by atoms with van der Waals surface area (Å²) in [5.41, 5.74) is 6.93. The quantitative estimate of drug-likeness (QED) is 0.736. The van der Waals surface area contributed by atoms with Crippen LogP contribution in [0.1, 0.15) is 32.6 Å². The third kappa shape index (κ3) is 1.89. The van der Waals surface area contributed by atoms with Crippen molar-refractivity contribution in [2.45, 2.75) is 38.6 Å². The Kier molecular flexibility index (Phi) is 2.54. The largest absolute Gasteiger partial charge is 0.379 e. The minimum absolute atomic E-state index is 0.152. The lowest BCUT2D eigenvalue weighted by molar-refractivity contribution is 0.156. The molecule has 3 heteroatoms. The standard InChI is InChI=1S/C13H24N2O/c1-12(9-16-6-11(12)14)7-15-8-13(4-5-13)10-2-3-10/h10-11,15H,2-9,14H2,1H3. The molecular formula is C13H24N2O. The van der Waals surface area contributed by atoms with Gasteiger partial charge in [-0.15, -0.1) is 0 Å². The Morgan fingerprint density at radius 3 is 2.56 bits per heavy atom. The molecule has 3 aliphatic rings. The first-order valence-corrected chi connectivity index (χ1v) is 6.69. The van der Waals surface area contributed by atoms with Crippen LogP contribution in [0.25, 0.3) is 0 Å². The van der Waals surface area contributed by atoms with Crippen LogP contribution in [0.5, 0.6) is 0 Å². The Hall–Kier alpha value is -0.120. The minimum atomic E-state index is 0.152. The zero-order chi connectivity index (χ0) is 11.2. The molecule has 3 nitrogen and oxygen atoms in total. The van der Waals surface area contributed by atoms with Gasteiger partial charge in [-0.05, 0) is 37.0 Å². The van der Waals surface area contributed by atoms with Gasteiger partial charge in [-0.3, -0.25) is 0 Å². The van der Waals surface area contributed by atoms with Crippen molar-refractivity contribution in [3.63, 3.8) is 0 Å². The van der Waals surface area contributed by atoms with Crippen LogP contribution in [-0.2, 0) is 4.74 Å². The summed E-state index contributed by atoms with van der Waals surface area (Å²) in [6, 6.07) is 0.205. The lowest BCUT2D eigenvalue weighted by Gasteiger charge is -2.28. The smallest absolute Gasteiger partial charge is 0.0624 e. The lowest BCUT2D eigenvalue weighted by atomic mass is 9.85. The molecule has 2 unspecified atom stereocenters. The molecule has 16 heavy (non-hydrogen) atoms. The molecule has 1 saturated heterocycles. The number of nitrogens with one attached hydrogen (secondary N) is 1. The molecule has 0 aromatic heterocycles. The molecule has 2 aliphatic carbocycles. The van der Waals surface area contributed by atoms with Crippen LogP contribution in [0.3, 0.4) is 0 Å². The number of hydrogen-bond donors (Lipinski definition) is 2. The molecule has 1 heterocycles. The monoisotopic (exact) mass is 224 g/mol. The van der Waals surface area contributed by atoms with Gasteiger partial charge < -0.3 is 15.8 Å².